The lowest BCUT2D eigenvalue weighted by Gasteiger charge is -2.21. The number of aryl methyl sites for hydroxylation is 2. The van der Waals surface area contributed by atoms with Gasteiger partial charge < -0.3 is 0 Å². The Morgan fingerprint density at radius 3 is 2.65 bits per heavy atom. The highest BCUT2D eigenvalue weighted by Crippen LogP contribution is 2.36. The Morgan fingerprint density at radius 1 is 0.962 bits per heavy atom. The molecule has 7 heteroatoms. The molecular weight excluding hydrogens is 352 g/mol. The van der Waals surface area contributed by atoms with Gasteiger partial charge in [-0.1, -0.05) is 29.0 Å². The van der Waals surface area contributed by atoms with Crippen molar-refractivity contribution in [3.05, 3.63) is 58.6 Å². The molecule has 1 aliphatic carbocycles. The summed E-state index contributed by atoms with van der Waals surface area (Å²) in [5.74, 6) is -0.630. The zero-order valence-electron chi connectivity index (χ0n) is 13.8. The molecule has 5 rings (SSSR count). The van der Waals surface area contributed by atoms with Gasteiger partial charge in [-0.2, -0.15) is 5.11 Å². The molecule has 0 spiro atoms. The van der Waals surface area contributed by atoms with Crippen molar-refractivity contribution in [2.45, 2.75) is 31.3 Å². The van der Waals surface area contributed by atoms with Crippen LogP contribution in [0.3, 0.4) is 0 Å². The van der Waals surface area contributed by atoms with E-state index in [9.17, 15) is 9.59 Å². The summed E-state index contributed by atoms with van der Waals surface area (Å²) in [6.45, 7) is 0. The molecule has 2 heterocycles. The maximum absolute atomic E-state index is 13.1. The fourth-order valence-corrected chi connectivity index (χ4v) is 4.13. The van der Waals surface area contributed by atoms with E-state index >= 15 is 0 Å². The Balaban J connectivity index is 1.51. The number of benzene rings is 2. The number of amides is 2. The number of fused-ring (bicyclic) bond motifs is 2. The molecule has 2 aromatic carbocycles. The molecule has 3 aliphatic rings. The van der Waals surface area contributed by atoms with Gasteiger partial charge in [0.2, 0.25) is 0 Å². The van der Waals surface area contributed by atoms with Gasteiger partial charge in [-0.3, -0.25) is 9.59 Å². The van der Waals surface area contributed by atoms with Crippen LogP contribution in [-0.4, -0.2) is 23.9 Å². The molecule has 2 atom stereocenters. The predicted molar refractivity (Wildman–Crippen MR) is 97.3 cm³/mol. The Hall–Kier alpha value is -2.73. The molecule has 0 aromatic heterocycles. The van der Waals surface area contributed by atoms with E-state index in [0.717, 1.165) is 19.3 Å². The van der Waals surface area contributed by atoms with Crippen LogP contribution in [0.15, 0.2) is 52.8 Å². The van der Waals surface area contributed by atoms with Crippen molar-refractivity contribution in [2.24, 2.45) is 10.3 Å². The second kappa shape index (κ2) is 5.64. The summed E-state index contributed by atoms with van der Waals surface area (Å²) in [6.07, 6.45) is 3.16. The van der Waals surface area contributed by atoms with Crippen LogP contribution < -0.4 is 9.91 Å². The lowest BCUT2D eigenvalue weighted by atomic mass is 10.1. The molecule has 1 saturated heterocycles. The van der Waals surface area contributed by atoms with E-state index in [1.807, 2.05) is 18.2 Å². The highest BCUT2D eigenvalue weighted by molar-refractivity contribution is 6.31. The first kappa shape index (κ1) is 15.5. The first-order valence-electron chi connectivity index (χ1n) is 8.59. The Morgan fingerprint density at radius 2 is 1.81 bits per heavy atom. The fourth-order valence-electron chi connectivity index (χ4n) is 3.94. The van der Waals surface area contributed by atoms with Crippen molar-refractivity contribution in [3.8, 4) is 0 Å². The minimum absolute atomic E-state index is 0.303. The van der Waals surface area contributed by atoms with E-state index < -0.39 is 12.1 Å². The Kier molecular flexibility index (Phi) is 3.37. The molecule has 0 bridgehead atoms. The van der Waals surface area contributed by atoms with Gasteiger partial charge in [0.1, 0.15) is 0 Å². The Bertz CT molecular complexity index is 974. The van der Waals surface area contributed by atoms with Crippen LogP contribution in [0.4, 0.5) is 11.4 Å². The molecule has 130 valence electrons. The van der Waals surface area contributed by atoms with Crippen molar-refractivity contribution >= 4 is 34.8 Å². The first-order chi connectivity index (χ1) is 12.6. The van der Waals surface area contributed by atoms with Gasteiger partial charge in [-0.15, -0.1) is 0 Å². The molecule has 26 heavy (non-hydrogen) atoms. The van der Waals surface area contributed by atoms with Crippen LogP contribution in [0.1, 0.15) is 17.5 Å². The number of hydrogen-bond acceptors (Lipinski definition) is 5. The normalized spacial score (nSPS) is 23.7. The summed E-state index contributed by atoms with van der Waals surface area (Å²) in [6, 6.07) is 11.3. The van der Waals surface area contributed by atoms with Crippen molar-refractivity contribution in [2.75, 3.05) is 9.91 Å². The van der Waals surface area contributed by atoms with Crippen LogP contribution in [0.5, 0.6) is 0 Å². The fraction of sp³-hybridized carbons (Fsp3) is 0.263. The molecule has 0 saturated carbocycles. The zero-order chi connectivity index (χ0) is 17.8. The van der Waals surface area contributed by atoms with E-state index in [0.29, 0.717) is 16.4 Å². The summed E-state index contributed by atoms with van der Waals surface area (Å²) in [7, 11) is 0. The molecule has 2 amide bonds. The third kappa shape index (κ3) is 2.18. The summed E-state index contributed by atoms with van der Waals surface area (Å²) in [4.78, 5) is 27.2. The Labute approximate surface area is 155 Å². The third-order valence-electron chi connectivity index (χ3n) is 5.19. The monoisotopic (exact) mass is 366 g/mol. The van der Waals surface area contributed by atoms with E-state index in [4.69, 9.17) is 11.6 Å². The zero-order valence-corrected chi connectivity index (χ0v) is 14.6. The average molecular weight is 367 g/mol. The quantitative estimate of drug-likeness (QED) is 0.766. The lowest BCUT2D eigenvalue weighted by Crippen LogP contribution is -2.39. The van der Waals surface area contributed by atoms with Crippen molar-refractivity contribution in [3.63, 3.8) is 0 Å². The smallest absolute Gasteiger partial charge is 0.263 e. The summed E-state index contributed by atoms with van der Waals surface area (Å²) in [5, 5.41) is 10.1. The van der Waals surface area contributed by atoms with Gasteiger partial charge in [0.05, 0.1) is 11.4 Å². The van der Waals surface area contributed by atoms with E-state index in [2.05, 4.69) is 10.3 Å². The van der Waals surface area contributed by atoms with Gasteiger partial charge in [-0.05, 0) is 60.7 Å². The topological polar surface area (TPSA) is 65.3 Å². The van der Waals surface area contributed by atoms with Gasteiger partial charge in [0.15, 0.2) is 12.1 Å². The number of imide groups is 1. The lowest BCUT2D eigenvalue weighted by molar-refractivity contribution is -0.121. The standard InChI is InChI=1S/C19H15ClN4O2/c20-13-5-2-6-15(10-13)24-17-16(21-22-24)18(25)23(19(17)26)14-8-7-11-3-1-4-12(11)9-14/h2,5-10,16-17H,1,3-4H2/t16-,17+/m0/s1. The van der Waals surface area contributed by atoms with E-state index in [1.165, 1.54) is 21.0 Å². The first-order valence-corrected chi connectivity index (χ1v) is 8.96. The molecule has 1 fully saturated rings. The molecule has 2 aliphatic heterocycles. The van der Waals surface area contributed by atoms with Gasteiger partial charge in [-0.25, -0.2) is 9.91 Å². The minimum atomic E-state index is -0.810. The van der Waals surface area contributed by atoms with Crippen LogP contribution in [0.2, 0.25) is 5.02 Å². The van der Waals surface area contributed by atoms with E-state index in [1.54, 1.807) is 24.3 Å². The molecular formula is C19H15ClN4O2. The summed E-state index contributed by atoms with van der Waals surface area (Å²) < 4.78 is 0. The van der Waals surface area contributed by atoms with Gasteiger partial charge in [0, 0.05) is 5.02 Å². The molecule has 6 nitrogen and oxygen atoms in total. The minimum Gasteiger partial charge on any atom is -0.271 e. The molecule has 0 N–H and O–H groups in total. The largest absolute Gasteiger partial charge is 0.271 e. The average Bonchev–Trinajstić information content (AvgIpc) is 3.32. The second-order valence-electron chi connectivity index (χ2n) is 6.74. The SMILES string of the molecule is O=C1[C@H]2N=NN(c3cccc(Cl)c3)[C@H]2C(=O)N1c1ccc2c(c1)CCC2. The molecule has 0 unspecified atom stereocenters. The number of hydrogen-bond donors (Lipinski definition) is 0. The van der Waals surface area contributed by atoms with Gasteiger partial charge in [0.25, 0.3) is 11.8 Å². The molecule has 0 radical (unpaired) electrons. The maximum Gasteiger partial charge on any atom is 0.263 e. The number of nitrogens with zero attached hydrogens (tertiary/aromatic N) is 4. The number of halogens is 1. The summed E-state index contributed by atoms with van der Waals surface area (Å²) >= 11 is 6.05. The highest BCUT2D eigenvalue weighted by atomic mass is 35.5. The summed E-state index contributed by atoms with van der Waals surface area (Å²) in [5.41, 5.74) is 3.78. The number of anilines is 2. The second-order valence-corrected chi connectivity index (χ2v) is 7.17. The molecule has 2 aromatic rings. The number of carbonyl (C=O) groups is 2. The van der Waals surface area contributed by atoms with Crippen LogP contribution in [-0.2, 0) is 22.4 Å². The van der Waals surface area contributed by atoms with Crippen LogP contribution in [0.25, 0.3) is 0 Å². The highest BCUT2D eigenvalue weighted by Gasteiger charge is 2.55. The van der Waals surface area contributed by atoms with E-state index in [-0.39, 0.29) is 11.8 Å². The van der Waals surface area contributed by atoms with Crippen molar-refractivity contribution < 1.29 is 9.59 Å². The van der Waals surface area contributed by atoms with Crippen LogP contribution >= 0.6 is 11.6 Å². The van der Waals surface area contributed by atoms with Crippen molar-refractivity contribution in [1.82, 2.24) is 0 Å². The van der Waals surface area contributed by atoms with Gasteiger partial charge >= 0.3 is 0 Å². The number of rotatable bonds is 2. The van der Waals surface area contributed by atoms with Crippen molar-refractivity contribution in [1.29, 1.82) is 0 Å². The number of carbonyl (C=O) groups excluding carboxylic acids is 2. The van der Waals surface area contributed by atoms with Crippen LogP contribution in [0, 0.1) is 0 Å². The predicted octanol–water partition coefficient (Wildman–Crippen LogP) is 3.33. The third-order valence-corrected chi connectivity index (χ3v) is 5.43. The maximum atomic E-state index is 13.1.